The van der Waals surface area contributed by atoms with E-state index in [1.807, 2.05) is 13.8 Å². The Labute approximate surface area is 155 Å². The van der Waals surface area contributed by atoms with Crippen LogP contribution in [0.3, 0.4) is 0 Å². The summed E-state index contributed by atoms with van der Waals surface area (Å²) >= 11 is 0. The molecule has 1 aromatic heterocycles. The lowest BCUT2D eigenvalue weighted by Crippen LogP contribution is -2.17. The number of aromatic nitrogens is 3. The average molecular weight is 368 g/mol. The first-order chi connectivity index (χ1) is 12.8. The lowest BCUT2D eigenvalue weighted by atomic mass is 9.98. The number of phenolic OH excluding ortho intramolecular Hbond substituents is 2. The van der Waals surface area contributed by atoms with E-state index in [1.165, 1.54) is 10.6 Å². The van der Waals surface area contributed by atoms with Gasteiger partial charge in [-0.05, 0) is 41.8 Å². The first kappa shape index (κ1) is 18.2. The second-order valence-corrected chi connectivity index (χ2v) is 6.33. The van der Waals surface area contributed by atoms with Gasteiger partial charge in [0, 0.05) is 11.8 Å². The molecule has 0 spiro atoms. The number of methoxy groups -OCH3 is 1. The van der Waals surface area contributed by atoms with E-state index < -0.39 is 5.91 Å². The number of hydrogen-bond donors (Lipinski definition) is 3. The van der Waals surface area contributed by atoms with Crippen molar-refractivity contribution in [3.63, 3.8) is 0 Å². The third kappa shape index (κ3) is 3.29. The molecular weight excluding hydrogens is 348 g/mol. The zero-order chi connectivity index (χ0) is 19.7. The summed E-state index contributed by atoms with van der Waals surface area (Å²) < 4.78 is 6.61. The van der Waals surface area contributed by atoms with Crippen LogP contribution >= 0.6 is 0 Å². The number of primary amides is 1. The van der Waals surface area contributed by atoms with Gasteiger partial charge in [0.2, 0.25) is 5.82 Å². The second kappa shape index (κ2) is 6.99. The van der Waals surface area contributed by atoms with Gasteiger partial charge in [-0.3, -0.25) is 9.36 Å². The number of benzene rings is 2. The minimum atomic E-state index is -0.757. The van der Waals surface area contributed by atoms with E-state index in [-0.39, 0.29) is 29.1 Å². The van der Waals surface area contributed by atoms with Crippen LogP contribution in [-0.4, -0.2) is 38.0 Å². The second-order valence-electron chi connectivity index (χ2n) is 6.33. The molecule has 0 atom stereocenters. The number of carbonyl (C=O) groups is 1. The van der Waals surface area contributed by atoms with E-state index in [9.17, 15) is 15.0 Å². The predicted molar refractivity (Wildman–Crippen MR) is 99.3 cm³/mol. The molecule has 0 aliphatic carbocycles. The SMILES string of the molecule is COc1ccc(-n2c(C(N)=O)nnc2-c2cc(C(C)C)c(O)cc2O)cc1. The fourth-order valence-electron chi connectivity index (χ4n) is 2.83. The van der Waals surface area contributed by atoms with Gasteiger partial charge in [-0.15, -0.1) is 10.2 Å². The zero-order valence-corrected chi connectivity index (χ0v) is 15.2. The summed E-state index contributed by atoms with van der Waals surface area (Å²) in [4.78, 5) is 11.8. The fourth-order valence-corrected chi connectivity index (χ4v) is 2.83. The Balaban J connectivity index is 2.26. The lowest BCUT2D eigenvalue weighted by molar-refractivity contribution is 0.0988. The highest BCUT2D eigenvalue weighted by molar-refractivity contribution is 5.90. The molecule has 4 N–H and O–H groups in total. The number of amides is 1. The Kier molecular flexibility index (Phi) is 4.72. The third-order valence-electron chi connectivity index (χ3n) is 4.22. The van der Waals surface area contributed by atoms with Crippen molar-refractivity contribution in [2.45, 2.75) is 19.8 Å². The summed E-state index contributed by atoms with van der Waals surface area (Å²) in [6, 6.07) is 9.77. The molecule has 3 rings (SSSR count). The first-order valence-corrected chi connectivity index (χ1v) is 8.29. The molecule has 8 heteroatoms. The number of nitrogens with two attached hydrogens (primary N) is 1. The number of rotatable bonds is 5. The number of aromatic hydroxyl groups is 2. The van der Waals surface area contributed by atoms with E-state index in [2.05, 4.69) is 10.2 Å². The van der Waals surface area contributed by atoms with Crippen molar-refractivity contribution in [2.24, 2.45) is 5.73 Å². The van der Waals surface area contributed by atoms with Crippen LogP contribution in [0.1, 0.15) is 35.9 Å². The summed E-state index contributed by atoms with van der Waals surface area (Å²) in [6.45, 7) is 3.83. The molecule has 1 amide bonds. The molecule has 0 bridgehead atoms. The van der Waals surface area contributed by atoms with E-state index in [4.69, 9.17) is 10.5 Å². The summed E-state index contributed by atoms with van der Waals surface area (Å²) in [5, 5.41) is 28.4. The molecule has 2 aromatic carbocycles. The minimum absolute atomic E-state index is 0.0114. The van der Waals surface area contributed by atoms with Crippen molar-refractivity contribution in [3.8, 4) is 34.3 Å². The molecule has 0 aliphatic heterocycles. The van der Waals surface area contributed by atoms with E-state index in [1.54, 1.807) is 37.4 Å². The van der Waals surface area contributed by atoms with Crippen molar-refractivity contribution in [3.05, 3.63) is 47.8 Å². The van der Waals surface area contributed by atoms with Gasteiger partial charge in [-0.25, -0.2) is 0 Å². The Bertz CT molecular complexity index is 994. The molecule has 27 heavy (non-hydrogen) atoms. The summed E-state index contributed by atoms with van der Waals surface area (Å²) in [5.41, 5.74) is 6.98. The predicted octanol–water partition coefficient (Wildman–Crippen LogP) is 2.58. The van der Waals surface area contributed by atoms with Gasteiger partial charge in [0.25, 0.3) is 5.91 Å². The van der Waals surface area contributed by atoms with Crippen molar-refractivity contribution < 1.29 is 19.7 Å². The van der Waals surface area contributed by atoms with E-state index >= 15 is 0 Å². The summed E-state index contributed by atoms with van der Waals surface area (Å²) in [5.74, 6) is -0.151. The van der Waals surface area contributed by atoms with Gasteiger partial charge in [-0.1, -0.05) is 13.8 Å². The monoisotopic (exact) mass is 368 g/mol. The first-order valence-electron chi connectivity index (χ1n) is 8.29. The summed E-state index contributed by atoms with van der Waals surface area (Å²) in [6.07, 6.45) is 0. The van der Waals surface area contributed by atoms with Crippen LogP contribution in [0.15, 0.2) is 36.4 Å². The molecule has 8 nitrogen and oxygen atoms in total. The Hall–Kier alpha value is -3.55. The largest absolute Gasteiger partial charge is 0.508 e. The van der Waals surface area contributed by atoms with Crippen molar-refractivity contribution in [1.82, 2.24) is 14.8 Å². The normalized spacial score (nSPS) is 11.0. The van der Waals surface area contributed by atoms with Crippen LogP contribution in [0, 0.1) is 0 Å². The van der Waals surface area contributed by atoms with Crippen molar-refractivity contribution >= 4 is 5.91 Å². The number of phenols is 2. The van der Waals surface area contributed by atoms with Gasteiger partial charge in [0.05, 0.1) is 12.7 Å². The highest BCUT2D eigenvalue weighted by Crippen LogP contribution is 2.38. The number of nitrogens with zero attached hydrogens (tertiary/aromatic N) is 3. The van der Waals surface area contributed by atoms with Gasteiger partial charge in [-0.2, -0.15) is 0 Å². The lowest BCUT2D eigenvalue weighted by Gasteiger charge is -2.14. The molecule has 0 unspecified atom stereocenters. The quantitative estimate of drug-likeness (QED) is 0.636. The Morgan fingerprint density at radius 2 is 1.78 bits per heavy atom. The van der Waals surface area contributed by atoms with Crippen molar-refractivity contribution in [1.29, 1.82) is 0 Å². The minimum Gasteiger partial charge on any atom is -0.508 e. The van der Waals surface area contributed by atoms with E-state index in [0.717, 1.165) is 0 Å². The maximum atomic E-state index is 11.8. The van der Waals surface area contributed by atoms with E-state index in [0.29, 0.717) is 22.6 Å². The molecule has 0 saturated carbocycles. The fraction of sp³-hybridized carbons (Fsp3) is 0.211. The Morgan fingerprint density at radius 1 is 1.11 bits per heavy atom. The molecule has 3 aromatic rings. The van der Waals surface area contributed by atoms with Crippen LogP contribution in [0.4, 0.5) is 0 Å². The molecule has 140 valence electrons. The molecular formula is C19H20N4O4. The van der Waals surface area contributed by atoms with Crippen molar-refractivity contribution in [2.75, 3.05) is 7.11 Å². The molecule has 1 heterocycles. The highest BCUT2D eigenvalue weighted by atomic mass is 16.5. The van der Waals surface area contributed by atoms with Crippen LogP contribution in [0.25, 0.3) is 17.1 Å². The van der Waals surface area contributed by atoms with Crippen LogP contribution < -0.4 is 10.5 Å². The Morgan fingerprint density at radius 3 is 2.33 bits per heavy atom. The third-order valence-corrected chi connectivity index (χ3v) is 4.22. The molecule has 0 fully saturated rings. The number of hydrogen-bond acceptors (Lipinski definition) is 6. The van der Waals surface area contributed by atoms with Gasteiger partial charge in [0.1, 0.15) is 17.2 Å². The molecule has 0 radical (unpaired) electrons. The smallest absolute Gasteiger partial charge is 0.287 e. The summed E-state index contributed by atoms with van der Waals surface area (Å²) in [7, 11) is 1.55. The van der Waals surface area contributed by atoms with Gasteiger partial charge >= 0.3 is 0 Å². The molecule has 0 aliphatic rings. The average Bonchev–Trinajstić information content (AvgIpc) is 3.06. The standard InChI is InChI=1S/C19H20N4O4/c1-10(2)13-8-14(16(25)9-15(13)24)18-21-22-19(17(20)26)23(18)11-4-6-12(27-3)7-5-11/h4-10,24-25H,1-3H3,(H2,20,26). The van der Waals surface area contributed by atoms with Crippen LogP contribution in [0.5, 0.6) is 17.2 Å². The van der Waals surface area contributed by atoms with Crippen LogP contribution in [-0.2, 0) is 0 Å². The molecule has 0 saturated heterocycles. The zero-order valence-electron chi connectivity index (χ0n) is 15.2. The maximum Gasteiger partial charge on any atom is 0.287 e. The number of ether oxygens (including phenoxy) is 1. The van der Waals surface area contributed by atoms with Crippen LogP contribution in [0.2, 0.25) is 0 Å². The topological polar surface area (TPSA) is 123 Å². The van der Waals surface area contributed by atoms with Gasteiger partial charge < -0.3 is 20.7 Å². The maximum absolute atomic E-state index is 11.8. The van der Waals surface area contributed by atoms with Gasteiger partial charge in [0.15, 0.2) is 5.82 Å². The highest BCUT2D eigenvalue weighted by Gasteiger charge is 2.23. The number of carbonyl (C=O) groups excluding carboxylic acids is 1.